The van der Waals surface area contributed by atoms with E-state index in [-0.39, 0.29) is 0 Å². The van der Waals surface area contributed by atoms with Crippen LogP contribution < -0.4 is 5.32 Å². The molecule has 0 amide bonds. The summed E-state index contributed by atoms with van der Waals surface area (Å²) in [6.07, 6.45) is 4.80. The molecule has 1 aliphatic heterocycles. The number of hydrogen-bond donors (Lipinski definition) is 1. The van der Waals surface area contributed by atoms with Crippen LogP contribution in [0.3, 0.4) is 0 Å². The number of rotatable bonds is 5. The van der Waals surface area contributed by atoms with Crippen molar-refractivity contribution < 1.29 is 0 Å². The second kappa shape index (κ2) is 6.77. The van der Waals surface area contributed by atoms with Crippen molar-refractivity contribution >= 4 is 11.8 Å². The van der Waals surface area contributed by atoms with Gasteiger partial charge in [-0.05, 0) is 26.5 Å². The highest BCUT2D eigenvalue weighted by Crippen LogP contribution is 2.15. The molecule has 1 rings (SSSR count). The second-order valence-corrected chi connectivity index (χ2v) is 5.65. The molecular formula is C12H26N2S. The normalized spacial score (nSPS) is 30.4. The maximum absolute atomic E-state index is 3.65. The largest absolute Gasteiger partial charge is 0.311 e. The maximum atomic E-state index is 3.65. The third-order valence-corrected chi connectivity index (χ3v) is 4.13. The van der Waals surface area contributed by atoms with E-state index in [1.807, 2.05) is 11.8 Å². The van der Waals surface area contributed by atoms with Gasteiger partial charge in [0.1, 0.15) is 0 Å². The summed E-state index contributed by atoms with van der Waals surface area (Å²) >= 11 is 1.96. The zero-order valence-corrected chi connectivity index (χ0v) is 11.4. The van der Waals surface area contributed by atoms with Gasteiger partial charge in [-0.15, -0.1) is 0 Å². The Balaban J connectivity index is 2.45. The van der Waals surface area contributed by atoms with Gasteiger partial charge < -0.3 is 5.32 Å². The van der Waals surface area contributed by atoms with Gasteiger partial charge >= 0.3 is 0 Å². The monoisotopic (exact) mass is 230 g/mol. The minimum absolute atomic E-state index is 0.695. The van der Waals surface area contributed by atoms with Crippen LogP contribution in [0.1, 0.15) is 33.6 Å². The van der Waals surface area contributed by atoms with Crippen molar-refractivity contribution in [2.75, 3.05) is 25.1 Å². The molecule has 3 atom stereocenters. The summed E-state index contributed by atoms with van der Waals surface area (Å²) in [4.78, 5) is 2.67. The quantitative estimate of drug-likeness (QED) is 0.779. The van der Waals surface area contributed by atoms with E-state index in [9.17, 15) is 0 Å². The van der Waals surface area contributed by atoms with Crippen LogP contribution in [0, 0.1) is 0 Å². The second-order valence-electron chi connectivity index (χ2n) is 4.74. The van der Waals surface area contributed by atoms with Gasteiger partial charge in [-0.3, -0.25) is 4.90 Å². The number of piperazine rings is 1. The third kappa shape index (κ3) is 3.97. The summed E-state index contributed by atoms with van der Waals surface area (Å²) in [5.41, 5.74) is 0. The summed E-state index contributed by atoms with van der Waals surface area (Å²) in [5.74, 6) is 1.25. The molecule has 1 saturated heterocycles. The molecule has 3 heteroatoms. The Morgan fingerprint density at radius 1 is 1.53 bits per heavy atom. The van der Waals surface area contributed by atoms with Crippen molar-refractivity contribution in [3.8, 4) is 0 Å². The van der Waals surface area contributed by atoms with E-state index in [1.165, 1.54) is 25.1 Å². The van der Waals surface area contributed by atoms with Crippen molar-refractivity contribution in [1.82, 2.24) is 10.2 Å². The summed E-state index contributed by atoms with van der Waals surface area (Å²) < 4.78 is 0. The predicted molar refractivity (Wildman–Crippen MR) is 70.7 cm³/mol. The molecule has 0 aromatic heterocycles. The Hall–Kier alpha value is 0.270. The fourth-order valence-corrected chi connectivity index (χ4v) is 3.12. The molecule has 2 nitrogen and oxygen atoms in total. The summed E-state index contributed by atoms with van der Waals surface area (Å²) in [7, 11) is 0. The Bertz CT molecular complexity index is 175. The molecule has 0 bridgehead atoms. The van der Waals surface area contributed by atoms with Gasteiger partial charge in [0, 0.05) is 37.0 Å². The molecule has 1 N–H and O–H groups in total. The van der Waals surface area contributed by atoms with E-state index in [0.29, 0.717) is 6.04 Å². The highest BCUT2D eigenvalue weighted by atomic mass is 32.2. The number of nitrogens with zero attached hydrogens (tertiary/aromatic N) is 1. The van der Waals surface area contributed by atoms with Crippen molar-refractivity contribution in [1.29, 1.82) is 0 Å². The van der Waals surface area contributed by atoms with Crippen LogP contribution in [-0.4, -0.2) is 48.1 Å². The lowest BCUT2D eigenvalue weighted by Gasteiger charge is -2.42. The Morgan fingerprint density at radius 3 is 2.87 bits per heavy atom. The molecule has 0 aromatic rings. The molecule has 15 heavy (non-hydrogen) atoms. The van der Waals surface area contributed by atoms with Crippen molar-refractivity contribution in [3.05, 3.63) is 0 Å². The highest BCUT2D eigenvalue weighted by Gasteiger charge is 2.27. The number of nitrogens with one attached hydrogen (secondary N) is 1. The lowest BCUT2D eigenvalue weighted by atomic mass is 10.0. The Labute approximate surface area is 99.2 Å². The molecule has 90 valence electrons. The standard InChI is InChI=1S/C12H26N2S/c1-5-6-12-8-14(10(2)7-13-12)11(3)9-15-4/h10-13H,5-9H2,1-4H3. The average molecular weight is 230 g/mol. The zero-order valence-electron chi connectivity index (χ0n) is 10.6. The predicted octanol–water partition coefficient (Wildman–Crippen LogP) is 2.20. The van der Waals surface area contributed by atoms with E-state index >= 15 is 0 Å². The minimum atomic E-state index is 0.695. The molecule has 1 aliphatic rings. The van der Waals surface area contributed by atoms with E-state index in [2.05, 4.69) is 37.2 Å². The first-order chi connectivity index (χ1) is 7.19. The molecule has 0 aliphatic carbocycles. The third-order valence-electron chi connectivity index (χ3n) is 3.31. The van der Waals surface area contributed by atoms with E-state index < -0.39 is 0 Å². The first-order valence-electron chi connectivity index (χ1n) is 6.17. The summed E-state index contributed by atoms with van der Waals surface area (Å²) in [6.45, 7) is 9.36. The van der Waals surface area contributed by atoms with Crippen LogP contribution in [-0.2, 0) is 0 Å². The summed E-state index contributed by atoms with van der Waals surface area (Å²) in [5, 5.41) is 3.65. The molecule has 1 fully saturated rings. The molecular weight excluding hydrogens is 204 g/mol. The van der Waals surface area contributed by atoms with Crippen LogP contribution in [0.25, 0.3) is 0 Å². The smallest absolute Gasteiger partial charge is 0.0196 e. The zero-order chi connectivity index (χ0) is 11.3. The molecule has 3 unspecified atom stereocenters. The van der Waals surface area contributed by atoms with Crippen molar-refractivity contribution in [3.63, 3.8) is 0 Å². The first kappa shape index (κ1) is 13.3. The van der Waals surface area contributed by atoms with E-state index in [1.54, 1.807) is 0 Å². The lowest BCUT2D eigenvalue weighted by Crippen LogP contribution is -2.58. The number of thioether (sulfide) groups is 1. The highest BCUT2D eigenvalue weighted by molar-refractivity contribution is 7.98. The van der Waals surface area contributed by atoms with Gasteiger partial charge in [-0.25, -0.2) is 0 Å². The van der Waals surface area contributed by atoms with Gasteiger partial charge in [-0.2, -0.15) is 11.8 Å². The van der Waals surface area contributed by atoms with Crippen LogP contribution >= 0.6 is 11.8 Å². The fourth-order valence-electron chi connectivity index (χ4n) is 2.45. The van der Waals surface area contributed by atoms with Gasteiger partial charge in [-0.1, -0.05) is 13.3 Å². The lowest BCUT2D eigenvalue weighted by molar-refractivity contribution is 0.106. The fraction of sp³-hybridized carbons (Fsp3) is 1.00. The summed E-state index contributed by atoms with van der Waals surface area (Å²) in [6, 6.07) is 2.13. The van der Waals surface area contributed by atoms with Crippen molar-refractivity contribution in [2.45, 2.75) is 51.7 Å². The maximum Gasteiger partial charge on any atom is 0.0196 e. The van der Waals surface area contributed by atoms with Gasteiger partial charge in [0.15, 0.2) is 0 Å². The minimum Gasteiger partial charge on any atom is -0.311 e. The average Bonchev–Trinajstić information content (AvgIpc) is 2.21. The van der Waals surface area contributed by atoms with Crippen LogP contribution in [0.15, 0.2) is 0 Å². The molecule has 1 heterocycles. The SMILES string of the molecule is CCCC1CN(C(C)CSC)C(C)CN1. The molecule has 0 radical (unpaired) electrons. The van der Waals surface area contributed by atoms with E-state index in [4.69, 9.17) is 0 Å². The van der Waals surface area contributed by atoms with Crippen LogP contribution in [0.5, 0.6) is 0 Å². The van der Waals surface area contributed by atoms with Crippen LogP contribution in [0.2, 0.25) is 0 Å². The molecule has 0 spiro atoms. The van der Waals surface area contributed by atoms with Gasteiger partial charge in [0.05, 0.1) is 0 Å². The topological polar surface area (TPSA) is 15.3 Å². The Morgan fingerprint density at radius 2 is 2.27 bits per heavy atom. The first-order valence-corrected chi connectivity index (χ1v) is 7.56. The molecule has 0 saturated carbocycles. The van der Waals surface area contributed by atoms with Crippen LogP contribution in [0.4, 0.5) is 0 Å². The van der Waals surface area contributed by atoms with Gasteiger partial charge in [0.25, 0.3) is 0 Å². The van der Waals surface area contributed by atoms with Gasteiger partial charge in [0.2, 0.25) is 0 Å². The Kier molecular flexibility index (Phi) is 6.02. The van der Waals surface area contributed by atoms with E-state index in [0.717, 1.165) is 18.6 Å². The number of hydrogen-bond acceptors (Lipinski definition) is 3. The molecule has 0 aromatic carbocycles. The van der Waals surface area contributed by atoms with Crippen molar-refractivity contribution in [2.24, 2.45) is 0 Å².